The van der Waals surface area contributed by atoms with Gasteiger partial charge in [-0.05, 0) is 49.5 Å². The van der Waals surface area contributed by atoms with E-state index in [1.54, 1.807) is 12.3 Å². The number of thioether (sulfide) groups is 1. The molecule has 1 amide bonds. The number of benzene rings is 1. The van der Waals surface area contributed by atoms with Crippen LogP contribution in [0.5, 0.6) is 0 Å². The van der Waals surface area contributed by atoms with Crippen molar-refractivity contribution >= 4 is 33.7 Å². The number of carbonyl (C=O) groups excluding carboxylic acids is 2. The van der Waals surface area contributed by atoms with Gasteiger partial charge in [-0.25, -0.2) is 0 Å². The molecule has 3 rings (SSSR count). The van der Waals surface area contributed by atoms with Crippen LogP contribution in [-0.4, -0.2) is 27.8 Å². The fourth-order valence-electron chi connectivity index (χ4n) is 3.52. The van der Waals surface area contributed by atoms with Gasteiger partial charge in [0.15, 0.2) is 5.12 Å². The van der Waals surface area contributed by atoms with Gasteiger partial charge in [-0.3, -0.25) is 14.6 Å². The van der Waals surface area contributed by atoms with Crippen molar-refractivity contribution in [3.05, 3.63) is 42.1 Å². The molecule has 0 radical (unpaired) electrons. The molecule has 0 saturated heterocycles. The fourth-order valence-corrected chi connectivity index (χ4v) is 4.20. The second-order valence-electron chi connectivity index (χ2n) is 6.58. The van der Waals surface area contributed by atoms with E-state index < -0.39 is 0 Å². The Hall–Kier alpha value is -1.88. The number of amides is 1. The number of nitrogens with one attached hydrogen (secondary N) is 1. The lowest BCUT2D eigenvalue weighted by Gasteiger charge is -2.28. The van der Waals surface area contributed by atoms with E-state index in [4.69, 9.17) is 0 Å². The second-order valence-corrected chi connectivity index (χ2v) is 7.90. The maximum Gasteiger partial charge on any atom is 0.252 e. The van der Waals surface area contributed by atoms with Gasteiger partial charge in [0, 0.05) is 24.0 Å². The molecular formula is C20H24N2O2S. The SMILES string of the molecule is CCSC(=O)CC1CCC(NC(=O)c2ccnc3ccccc23)CC1. The number of fused-ring (bicyclic) bond motifs is 1. The van der Waals surface area contributed by atoms with Gasteiger partial charge >= 0.3 is 0 Å². The number of hydrogen-bond donors (Lipinski definition) is 1. The summed E-state index contributed by atoms with van der Waals surface area (Å²) in [6, 6.07) is 9.69. The molecule has 2 aromatic rings. The highest BCUT2D eigenvalue weighted by atomic mass is 32.2. The van der Waals surface area contributed by atoms with E-state index in [0.29, 0.717) is 23.0 Å². The molecule has 4 nitrogen and oxygen atoms in total. The lowest BCUT2D eigenvalue weighted by Crippen LogP contribution is -2.38. The molecule has 1 aromatic carbocycles. The van der Waals surface area contributed by atoms with Gasteiger partial charge in [0.2, 0.25) is 0 Å². The first-order valence-corrected chi connectivity index (χ1v) is 9.96. The molecular weight excluding hydrogens is 332 g/mol. The molecule has 1 aliphatic carbocycles. The number of para-hydroxylation sites is 1. The Morgan fingerprint density at radius 2 is 1.92 bits per heavy atom. The lowest BCUT2D eigenvalue weighted by molar-refractivity contribution is -0.112. The van der Waals surface area contributed by atoms with E-state index in [1.165, 1.54) is 11.8 Å². The largest absolute Gasteiger partial charge is 0.349 e. The van der Waals surface area contributed by atoms with Gasteiger partial charge in [0.25, 0.3) is 5.91 Å². The summed E-state index contributed by atoms with van der Waals surface area (Å²) in [5.74, 6) is 1.30. The average molecular weight is 356 g/mol. The van der Waals surface area contributed by atoms with Crippen LogP contribution in [-0.2, 0) is 4.79 Å². The van der Waals surface area contributed by atoms with Crippen LogP contribution in [0.2, 0.25) is 0 Å². The maximum absolute atomic E-state index is 12.7. The van der Waals surface area contributed by atoms with Gasteiger partial charge in [0.1, 0.15) is 0 Å². The predicted molar refractivity (Wildman–Crippen MR) is 103 cm³/mol. The molecule has 0 aliphatic heterocycles. The Labute approximate surface area is 152 Å². The first-order valence-electron chi connectivity index (χ1n) is 8.97. The molecule has 1 aliphatic rings. The molecule has 25 heavy (non-hydrogen) atoms. The van der Waals surface area contributed by atoms with Crippen molar-refractivity contribution in [2.75, 3.05) is 5.75 Å². The second kappa shape index (κ2) is 8.48. The molecule has 1 saturated carbocycles. The van der Waals surface area contributed by atoms with Crippen LogP contribution >= 0.6 is 11.8 Å². The smallest absolute Gasteiger partial charge is 0.252 e. The minimum Gasteiger partial charge on any atom is -0.349 e. The molecule has 1 fully saturated rings. The molecule has 0 atom stereocenters. The minimum atomic E-state index is -0.0281. The van der Waals surface area contributed by atoms with Crippen LogP contribution < -0.4 is 5.32 Å². The van der Waals surface area contributed by atoms with Crippen molar-refractivity contribution in [2.24, 2.45) is 5.92 Å². The predicted octanol–water partition coefficient (Wildman–Crippen LogP) is 4.19. The normalized spacial score (nSPS) is 20.4. The van der Waals surface area contributed by atoms with E-state index in [2.05, 4.69) is 10.3 Å². The topological polar surface area (TPSA) is 59.1 Å². The van der Waals surface area contributed by atoms with Gasteiger partial charge in [-0.1, -0.05) is 36.9 Å². The van der Waals surface area contributed by atoms with E-state index in [-0.39, 0.29) is 11.9 Å². The highest BCUT2D eigenvalue weighted by Gasteiger charge is 2.24. The fraction of sp³-hybridized carbons (Fsp3) is 0.450. The van der Waals surface area contributed by atoms with Gasteiger partial charge in [-0.2, -0.15) is 0 Å². The molecule has 1 heterocycles. The quantitative estimate of drug-likeness (QED) is 0.872. The zero-order valence-corrected chi connectivity index (χ0v) is 15.3. The van der Waals surface area contributed by atoms with E-state index >= 15 is 0 Å². The minimum absolute atomic E-state index is 0.0281. The van der Waals surface area contributed by atoms with Crippen molar-refractivity contribution in [3.8, 4) is 0 Å². The van der Waals surface area contributed by atoms with Crippen LogP contribution in [0.3, 0.4) is 0 Å². The molecule has 1 N–H and O–H groups in total. The molecule has 5 heteroatoms. The highest BCUT2D eigenvalue weighted by molar-refractivity contribution is 8.13. The third-order valence-corrected chi connectivity index (χ3v) is 5.61. The van der Waals surface area contributed by atoms with Crippen molar-refractivity contribution in [3.63, 3.8) is 0 Å². The molecule has 0 bridgehead atoms. The zero-order valence-electron chi connectivity index (χ0n) is 14.5. The number of pyridine rings is 1. The van der Waals surface area contributed by atoms with Crippen LogP contribution in [0.4, 0.5) is 0 Å². The summed E-state index contributed by atoms with van der Waals surface area (Å²) in [5.41, 5.74) is 1.52. The van der Waals surface area contributed by atoms with Crippen LogP contribution in [0.1, 0.15) is 49.4 Å². The van der Waals surface area contributed by atoms with Gasteiger partial charge in [0.05, 0.1) is 11.1 Å². The average Bonchev–Trinajstić information content (AvgIpc) is 2.63. The number of rotatable bonds is 5. The third kappa shape index (κ3) is 4.60. The maximum atomic E-state index is 12.7. The van der Waals surface area contributed by atoms with Crippen molar-refractivity contribution in [1.29, 1.82) is 0 Å². The summed E-state index contributed by atoms with van der Waals surface area (Å²) < 4.78 is 0. The standard InChI is InChI=1S/C20H24N2O2S/c1-2-25-19(23)13-14-7-9-15(10-8-14)22-20(24)17-11-12-21-18-6-4-3-5-16(17)18/h3-6,11-12,14-15H,2,7-10,13H2,1H3,(H,22,24). The molecule has 0 spiro atoms. The van der Waals surface area contributed by atoms with E-state index in [9.17, 15) is 9.59 Å². The van der Waals surface area contributed by atoms with Crippen molar-refractivity contribution in [2.45, 2.75) is 45.1 Å². The summed E-state index contributed by atoms with van der Waals surface area (Å²) >= 11 is 1.42. The monoisotopic (exact) mass is 356 g/mol. The Kier molecular flexibility index (Phi) is 6.08. The Balaban J connectivity index is 1.57. The first kappa shape index (κ1) is 17.9. The van der Waals surface area contributed by atoms with Crippen molar-refractivity contribution < 1.29 is 9.59 Å². The Morgan fingerprint density at radius 3 is 2.68 bits per heavy atom. The third-order valence-electron chi connectivity index (χ3n) is 4.84. The summed E-state index contributed by atoms with van der Waals surface area (Å²) in [6.45, 7) is 2.01. The van der Waals surface area contributed by atoms with Gasteiger partial charge < -0.3 is 5.32 Å². The number of carbonyl (C=O) groups is 2. The van der Waals surface area contributed by atoms with Crippen LogP contribution in [0.25, 0.3) is 10.9 Å². The van der Waals surface area contributed by atoms with Gasteiger partial charge in [-0.15, -0.1) is 0 Å². The molecule has 1 aromatic heterocycles. The van der Waals surface area contributed by atoms with Crippen LogP contribution in [0, 0.1) is 5.92 Å². The molecule has 132 valence electrons. The zero-order chi connectivity index (χ0) is 17.6. The molecule has 0 unspecified atom stereocenters. The first-order chi connectivity index (χ1) is 12.2. The Bertz CT molecular complexity index is 749. The van der Waals surface area contributed by atoms with E-state index in [0.717, 1.165) is 42.3 Å². The Morgan fingerprint density at radius 1 is 1.16 bits per heavy atom. The summed E-state index contributed by atoms with van der Waals surface area (Å²) in [7, 11) is 0. The van der Waals surface area contributed by atoms with E-state index in [1.807, 2.05) is 31.2 Å². The van der Waals surface area contributed by atoms with Crippen molar-refractivity contribution in [1.82, 2.24) is 10.3 Å². The number of aromatic nitrogens is 1. The number of nitrogens with zero attached hydrogens (tertiary/aromatic N) is 1. The lowest BCUT2D eigenvalue weighted by atomic mass is 9.84. The number of hydrogen-bond acceptors (Lipinski definition) is 4. The summed E-state index contributed by atoms with van der Waals surface area (Å²) in [4.78, 5) is 28.8. The van der Waals surface area contributed by atoms with Crippen LogP contribution in [0.15, 0.2) is 36.5 Å². The summed E-state index contributed by atoms with van der Waals surface area (Å²) in [6.07, 6.45) is 6.28. The summed E-state index contributed by atoms with van der Waals surface area (Å²) in [5, 5.41) is 4.36. The highest BCUT2D eigenvalue weighted by Crippen LogP contribution is 2.29.